The van der Waals surface area contributed by atoms with Crippen LogP contribution in [-0.2, 0) is 16.1 Å². The first-order valence-electron chi connectivity index (χ1n) is 6.90. The zero-order valence-corrected chi connectivity index (χ0v) is 12.1. The smallest absolute Gasteiger partial charge is 0.356 e. The van der Waals surface area contributed by atoms with Crippen molar-refractivity contribution in [3.63, 3.8) is 0 Å². The Labute approximate surface area is 127 Å². The predicted molar refractivity (Wildman–Crippen MR) is 79.0 cm³/mol. The predicted octanol–water partition coefficient (Wildman–Crippen LogP) is -0.505. The van der Waals surface area contributed by atoms with Gasteiger partial charge in [-0.2, -0.15) is 0 Å². The Bertz CT molecular complexity index is 629. The highest BCUT2D eigenvalue weighted by molar-refractivity contribution is 5.96. The summed E-state index contributed by atoms with van der Waals surface area (Å²) in [6.07, 6.45) is 3.19. The molecule has 0 radical (unpaired) electrons. The van der Waals surface area contributed by atoms with Crippen LogP contribution in [0.3, 0.4) is 0 Å². The third-order valence-electron chi connectivity index (χ3n) is 3.33. The molecule has 1 aromatic heterocycles. The number of rotatable bonds is 4. The van der Waals surface area contributed by atoms with E-state index in [0.29, 0.717) is 24.8 Å². The van der Waals surface area contributed by atoms with Crippen molar-refractivity contribution in [1.82, 2.24) is 20.9 Å². The van der Waals surface area contributed by atoms with Crippen molar-refractivity contribution in [3.8, 4) is 5.88 Å². The Morgan fingerprint density at radius 3 is 3.27 bits per heavy atom. The molecule has 0 bridgehead atoms. The molecule has 116 valence electrons. The van der Waals surface area contributed by atoms with E-state index in [9.17, 15) is 4.79 Å². The first kappa shape index (κ1) is 14.3. The quantitative estimate of drug-likeness (QED) is 0.645. The number of hydrogen-bond acceptors (Lipinski definition) is 8. The molecule has 3 N–H and O–H groups in total. The first-order valence-corrected chi connectivity index (χ1v) is 6.90. The average Bonchev–Trinajstić information content (AvgIpc) is 2.59. The van der Waals surface area contributed by atoms with Gasteiger partial charge in [-0.05, 0) is 11.6 Å². The number of carbonyl (C=O) groups excluding carboxylic acids is 1. The van der Waals surface area contributed by atoms with Crippen LogP contribution in [0.2, 0.25) is 0 Å². The lowest BCUT2D eigenvalue weighted by Gasteiger charge is -2.29. The fourth-order valence-corrected chi connectivity index (χ4v) is 2.19. The molecular weight excluding hydrogens is 286 g/mol. The number of hydrogen-bond donors (Lipinski definition) is 3. The Morgan fingerprint density at radius 2 is 2.41 bits per heavy atom. The van der Waals surface area contributed by atoms with E-state index in [4.69, 9.17) is 9.47 Å². The Morgan fingerprint density at radius 1 is 1.50 bits per heavy atom. The van der Waals surface area contributed by atoms with Crippen LogP contribution in [-0.4, -0.2) is 43.2 Å². The molecule has 0 aliphatic carbocycles. The van der Waals surface area contributed by atoms with Crippen LogP contribution < -0.4 is 20.7 Å². The van der Waals surface area contributed by atoms with Crippen LogP contribution in [0.1, 0.15) is 5.56 Å². The van der Waals surface area contributed by atoms with E-state index in [0.717, 1.165) is 11.4 Å². The first-order chi connectivity index (χ1) is 10.8. The summed E-state index contributed by atoms with van der Waals surface area (Å²) in [5, 5.41) is 9.25. The van der Waals surface area contributed by atoms with E-state index in [1.165, 1.54) is 7.11 Å². The molecule has 2 aliphatic rings. The van der Waals surface area contributed by atoms with Crippen molar-refractivity contribution < 1.29 is 14.3 Å². The Kier molecular flexibility index (Phi) is 4.19. The fourth-order valence-electron chi connectivity index (χ4n) is 2.19. The number of pyridine rings is 1. The van der Waals surface area contributed by atoms with Crippen LogP contribution in [0.25, 0.3) is 0 Å². The maximum absolute atomic E-state index is 12.1. The van der Waals surface area contributed by atoms with E-state index in [-0.39, 0.29) is 12.6 Å². The minimum Gasteiger partial charge on any atom is -0.481 e. The number of esters is 1. The molecule has 0 aromatic carbocycles. The lowest BCUT2D eigenvalue weighted by Crippen LogP contribution is -2.55. The second-order valence-electron chi connectivity index (χ2n) is 4.84. The van der Waals surface area contributed by atoms with Gasteiger partial charge >= 0.3 is 5.97 Å². The van der Waals surface area contributed by atoms with Crippen LogP contribution >= 0.6 is 0 Å². The highest BCUT2D eigenvalue weighted by atomic mass is 16.5. The molecule has 8 heteroatoms. The van der Waals surface area contributed by atoms with Gasteiger partial charge in [-0.3, -0.25) is 10.3 Å². The zero-order valence-electron chi connectivity index (χ0n) is 12.1. The summed E-state index contributed by atoms with van der Waals surface area (Å²) in [4.78, 5) is 20.4. The van der Waals surface area contributed by atoms with Gasteiger partial charge in [0.15, 0.2) is 0 Å². The molecule has 0 saturated carbocycles. The van der Waals surface area contributed by atoms with Gasteiger partial charge in [-0.1, -0.05) is 0 Å². The summed E-state index contributed by atoms with van der Waals surface area (Å²) in [5.74, 6) is 0.890. The number of ether oxygens (including phenoxy) is 2. The van der Waals surface area contributed by atoms with Gasteiger partial charge in [-0.25, -0.2) is 9.78 Å². The minimum absolute atomic E-state index is 0.0395. The second-order valence-corrected chi connectivity index (χ2v) is 4.84. The SMILES string of the molecule is COc1cc(COC(=O)C2=CNC3=NCNCC3N2)ccn1. The summed E-state index contributed by atoms with van der Waals surface area (Å²) in [6.45, 7) is 1.44. The number of aromatic nitrogens is 1. The van der Waals surface area contributed by atoms with Gasteiger partial charge in [0, 0.05) is 25.0 Å². The molecule has 22 heavy (non-hydrogen) atoms. The van der Waals surface area contributed by atoms with Crippen LogP contribution in [0.15, 0.2) is 35.2 Å². The maximum atomic E-state index is 12.1. The largest absolute Gasteiger partial charge is 0.481 e. The van der Waals surface area contributed by atoms with Crippen molar-refractivity contribution in [2.24, 2.45) is 4.99 Å². The lowest BCUT2D eigenvalue weighted by molar-refractivity contribution is -0.140. The molecule has 0 saturated heterocycles. The third-order valence-corrected chi connectivity index (χ3v) is 3.33. The van der Waals surface area contributed by atoms with Crippen molar-refractivity contribution in [1.29, 1.82) is 0 Å². The molecular formula is C14H17N5O3. The molecule has 3 rings (SSSR count). The number of amidine groups is 1. The zero-order chi connectivity index (χ0) is 15.4. The minimum atomic E-state index is -0.423. The van der Waals surface area contributed by atoms with Crippen molar-refractivity contribution in [2.75, 3.05) is 20.3 Å². The normalized spacial score (nSPS) is 19.8. The van der Waals surface area contributed by atoms with Gasteiger partial charge in [-0.15, -0.1) is 0 Å². The highest BCUT2D eigenvalue weighted by Crippen LogP contribution is 2.11. The van der Waals surface area contributed by atoms with Crippen molar-refractivity contribution >= 4 is 11.8 Å². The number of nitrogens with one attached hydrogen (secondary N) is 3. The summed E-state index contributed by atoms with van der Waals surface area (Å²) in [5.41, 5.74) is 1.19. The molecule has 0 amide bonds. The molecule has 1 aromatic rings. The fraction of sp³-hybridized carbons (Fsp3) is 0.357. The standard InChI is InChI=1S/C14H17N5O3/c1-21-12-4-9(2-3-16-12)7-22-14(20)11-6-17-13-10(19-11)5-15-8-18-13/h2-4,6,10,15,19H,5,7-8H2,1H3,(H,17,18). The summed E-state index contributed by atoms with van der Waals surface area (Å²) < 4.78 is 10.3. The van der Waals surface area contributed by atoms with Crippen LogP contribution in [0.4, 0.5) is 0 Å². The number of methoxy groups -OCH3 is 1. The molecule has 0 spiro atoms. The molecule has 2 aliphatic heterocycles. The monoisotopic (exact) mass is 303 g/mol. The van der Waals surface area contributed by atoms with Crippen molar-refractivity contribution in [2.45, 2.75) is 12.6 Å². The van der Waals surface area contributed by atoms with Gasteiger partial charge in [0.25, 0.3) is 0 Å². The third kappa shape index (κ3) is 3.17. The molecule has 1 atom stereocenters. The average molecular weight is 303 g/mol. The van der Waals surface area contributed by atoms with Gasteiger partial charge in [0.1, 0.15) is 18.1 Å². The van der Waals surface area contributed by atoms with Gasteiger partial charge < -0.3 is 20.1 Å². The number of aliphatic imine (C=N–C) groups is 1. The summed E-state index contributed by atoms with van der Waals surface area (Å²) in [6, 6.07) is 3.46. The molecule has 1 unspecified atom stereocenters. The van der Waals surface area contributed by atoms with Gasteiger partial charge in [0.2, 0.25) is 5.88 Å². The lowest BCUT2D eigenvalue weighted by atomic mass is 10.2. The Balaban J connectivity index is 1.59. The van der Waals surface area contributed by atoms with Gasteiger partial charge in [0.05, 0.1) is 19.8 Å². The number of fused-ring (bicyclic) bond motifs is 1. The number of nitrogens with zero attached hydrogens (tertiary/aromatic N) is 2. The van der Waals surface area contributed by atoms with E-state index in [2.05, 4.69) is 25.9 Å². The van der Waals surface area contributed by atoms with E-state index in [1.807, 2.05) is 0 Å². The number of carbonyl (C=O) groups is 1. The molecule has 0 fully saturated rings. The van der Waals surface area contributed by atoms with E-state index < -0.39 is 5.97 Å². The van der Waals surface area contributed by atoms with Crippen LogP contribution in [0, 0.1) is 0 Å². The van der Waals surface area contributed by atoms with Crippen LogP contribution in [0.5, 0.6) is 5.88 Å². The Hall–Kier alpha value is -2.61. The topological polar surface area (TPSA) is 96.9 Å². The van der Waals surface area contributed by atoms with Crippen molar-refractivity contribution in [3.05, 3.63) is 35.8 Å². The molecule has 8 nitrogen and oxygen atoms in total. The molecule has 3 heterocycles. The highest BCUT2D eigenvalue weighted by Gasteiger charge is 2.26. The van der Waals surface area contributed by atoms with E-state index >= 15 is 0 Å². The summed E-state index contributed by atoms with van der Waals surface area (Å²) >= 11 is 0. The van der Waals surface area contributed by atoms with E-state index in [1.54, 1.807) is 24.5 Å². The second kappa shape index (κ2) is 6.44. The maximum Gasteiger partial charge on any atom is 0.356 e. The summed E-state index contributed by atoms with van der Waals surface area (Å²) in [7, 11) is 1.54.